The predicted molar refractivity (Wildman–Crippen MR) is 123 cm³/mol. The molecule has 0 fully saturated rings. The number of methoxy groups -OCH3 is 1. The first kappa shape index (κ1) is 22.7. The third kappa shape index (κ3) is 5.79. The van der Waals surface area contributed by atoms with Gasteiger partial charge in [0.15, 0.2) is 17.1 Å². The number of rotatable bonds is 9. The van der Waals surface area contributed by atoms with Crippen LogP contribution < -0.4 is 14.8 Å². The van der Waals surface area contributed by atoms with Crippen molar-refractivity contribution in [1.82, 2.24) is 14.8 Å². The van der Waals surface area contributed by atoms with E-state index in [1.54, 1.807) is 19.2 Å². The number of nitrogens with zero attached hydrogens (tertiary/aromatic N) is 3. The Morgan fingerprint density at radius 2 is 1.87 bits per heavy atom. The molecule has 0 bridgehead atoms. The number of hydrogen-bond acceptors (Lipinski definition) is 6. The average molecular weight is 441 g/mol. The van der Waals surface area contributed by atoms with E-state index in [1.165, 1.54) is 11.8 Å². The second-order valence-electron chi connectivity index (χ2n) is 7.21. The van der Waals surface area contributed by atoms with E-state index >= 15 is 0 Å². The van der Waals surface area contributed by atoms with Gasteiger partial charge in [-0.15, -0.1) is 10.2 Å². The minimum Gasteiger partial charge on any atom is -0.495 e. The SMILES string of the molecule is CCn1c(SCC(=O)Nc2ccccc2OC)nnc1C(C)Oc1cc(C)cc(C)c1. The number of amides is 1. The molecule has 3 rings (SSSR count). The maximum absolute atomic E-state index is 12.4. The van der Waals surface area contributed by atoms with Gasteiger partial charge in [-0.1, -0.05) is 30.0 Å². The molecule has 1 aromatic heterocycles. The van der Waals surface area contributed by atoms with Crippen LogP contribution in [0.4, 0.5) is 5.69 Å². The molecule has 3 aromatic rings. The van der Waals surface area contributed by atoms with Crippen molar-refractivity contribution in [2.75, 3.05) is 18.2 Å². The van der Waals surface area contributed by atoms with Crippen LogP contribution in [0.3, 0.4) is 0 Å². The zero-order valence-corrected chi connectivity index (χ0v) is 19.3. The summed E-state index contributed by atoms with van der Waals surface area (Å²) in [6, 6.07) is 13.4. The molecule has 31 heavy (non-hydrogen) atoms. The van der Waals surface area contributed by atoms with Crippen LogP contribution in [0.2, 0.25) is 0 Å². The highest BCUT2D eigenvalue weighted by atomic mass is 32.2. The van der Waals surface area contributed by atoms with Gasteiger partial charge in [0.05, 0.1) is 18.6 Å². The molecule has 8 heteroatoms. The number of aryl methyl sites for hydroxylation is 2. The predicted octanol–water partition coefficient (Wildman–Crippen LogP) is 4.79. The molecule has 0 radical (unpaired) electrons. The molecule has 1 N–H and O–H groups in total. The molecule has 0 saturated carbocycles. The van der Waals surface area contributed by atoms with Crippen LogP contribution in [-0.2, 0) is 11.3 Å². The maximum atomic E-state index is 12.4. The number of carbonyl (C=O) groups is 1. The third-order valence-electron chi connectivity index (χ3n) is 4.65. The van der Waals surface area contributed by atoms with E-state index in [-0.39, 0.29) is 17.8 Å². The smallest absolute Gasteiger partial charge is 0.234 e. The van der Waals surface area contributed by atoms with Crippen molar-refractivity contribution in [1.29, 1.82) is 0 Å². The number of aromatic nitrogens is 3. The van der Waals surface area contributed by atoms with Crippen molar-refractivity contribution in [3.05, 3.63) is 59.4 Å². The molecule has 0 aliphatic heterocycles. The zero-order valence-electron chi connectivity index (χ0n) is 18.5. The first-order chi connectivity index (χ1) is 14.9. The quantitative estimate of drug-likeness (QED) is 0.482. The fourth-order valence-electron chi connectivity index (χ4n) is 3.33. The van der Waals surface area contributed by atoms with Crippen molar-refractivity contribution in [3.63, 3.8) is 0 Å². The molecule has 0 saturated heterocycles. The molecule has 2 aromatic carbocycles. The molecule has 0 aliphatic rings. The first-order valence-corrected chi connectivity index (χ1v) is 11.1. The van der Waals surface area contributed by atoms with E-state index < -0.39 is 0 Å². The highest BCUT2D eigenvalue weighted by Gasteiger charge is 2.20. The van der Waals surface area contributed by atoms with Crippen molar-refractivity contribution < 1.29 is 14.3 Å². The van der Waals surface area contributed by atoms with Crippen LogP contribution >= 0.6 is 11.8 Å². The maximum Gasteiger partial charge on any atom is 0.234 e. The molecule has 1 atom stereocenters. The molecule has 0 spiro atoms. The number of nitrogens with one attached hydrogen (secondary N) is 1. The largest absolute Gasteiger partial charge is 0.495 e. The van der Waals surface area contributed by atoms with Crippen LogP contribution in [0.15, 0.2) is 47.6 Å². The van der Waals surface area contributed by atoms with Crippen LogP contribution in [-0.4, -0.2) is 33.5 Å². The average Bonchev–Trinajstić information content (AvgIpc) is 3.15. The number of carbonyl (C=O) groups excluding carboxylic acids is 1. The Labute approximate surface area is 187 Å². The number of para-hydroxylation sites is 2. The molecule has 7 nitrogen and oxygen atoms in total. The Morgan fingerprint density at radius 1 is 1.16 bits per heavy atom. The highest BCUT2D eigenvalue weighted by molar-refractivity contribution is 7.99. The van der Waals surface area contributed by atoms with Gasteiger partial charge in [0.25, 0.3) is 0 Å². The van der Waals surface area contributed by atoms with Crippen LogP contribution in [0.25, 0.3) is 0 Å². The fourth-order valence-corrected chi connectivity index (χ4v) is 4.14. The number of ether oxygens (including phenoxy) is 2. The molecule has 1 heterocycles. The van der Waals surface area contributed by atoms with Gasteiger partial charge >= 0.3 is 0 Å². The summed E-state index contributed by atoms with van der Waals surface area (Å²) in [4.78, 5) is 12.4. The molecule has 0 aliphatic carbocycles. The second kappa shape index (κ2) is 10.3. The number of thioether (sulfide) groups is 1. The van der Waals surface area contributed by atoms with E-state index in [9.17, 15) is 4.79 Å². The summed E-state index contributed by atoms with van der Waals surface area (Å²) in [7, 11) is 1.58. The van der Waals surface area contributed by atoms with Gasteiger partial charge in [-0.05, 0) is 63.1 Å². The molecule has 1 amide bonds. The van der Waals surface area contributed by atoms with E-state index in [1.807, 2.05) is 56.5 Å². The lowest BCUT2D eigenvalue weighted by atomic mass is 10.1. The van der Waals surface area contributed by atoms with Gasteiger partial charge < -0.3 is 19.4 Å². The van der Waals surface area contributed by atoms with Gasteiger partial charge in [0, 0.05) is 6.54 Å². The van der Waals surface area contributed by atoms with Gasteiger partial charge in [0.2, 0.25) is 5.91 Å². The van der Waals surface area contributed by atoms with Crippen molar-refractivity contribution in [2.45, 2.75) is 45.5 Å². The molecule has 164 valence electrons. The number of benzene rings is 2. The standard InChI is InChI=1S/C23H28N4O3S/c1-6-27-22(17(4)30-18-12-15(2)11-16(3)13-18)25-26-23(27)31-14-21(28)24-19-9-7-8-10-20(19)29-5/h7-13,17H,6,14H2,1-5H3,(H,24,28). The summed E-state index contributed by atoms with van der Waals surface area (Å²) in [5, 5.41) is 12.2. The van der Waals surface area contributed by atoms with Gasteiger partial charge in [-0.3, -0.25) is 4.79 Å². The van der Waals surface area contributed by atoms with Crippen LogP contribution in [0.5, 0.6) is 11.5 Å². The summed E-state index contributed by atoms with van der Waals surface area (Å²) in [5.74, 6) is 2.23. The minimum atomic E-state index is -0.273. The Morgan fingerprint density at radius 3 is 2.55 bits per heavy atom. The van der Waals surface area contributed by atoms with Gasteiger partial charge in [-0.25, -0.2) is 0 Å². The van der Waals surface area contributed by atoms with E-state index in [0.717, 1.165) is 22.7 Å². The third-order valence-corrected chi connectivity index (χ3v) is 5.61. The summed E-state index contributed by atoms with van der Waals surface area (Å²) >= 11 is 1.34. The van der Waals surface area contributed by atoms with Crippen LogP contribution in [0.1, 0.15) is 36.9 Å². The monoisotopic (exact) mass is 440 g/mol. The lowest BCUT2D eigenvalue weighted by Crippen LogP contribution is -2.16. The summed E-state index contributed by atoms with van der Waals surface area (Å²) in [5.41, 5.74) is 2.94. The Balaban J connectivity index is 1.66. The summed E-state index contributed by atoms with van der Waals surface area (Å²) in [6.45, 7) is 8.75. The Kier molecular flexibility index (Phi) is 7.57. The first-order valence-electron chi connectivity index (χ1n) is 10.1. The van der Waals surface area contributed by atoms with Crippen LogP contribution in [0, 0.1) is 13.8 Å². The van der Waals surface area contributed by atoms with Gasteiger partial charge in [-0.2, -0.15) is 0 Å². The van der Waals surface area contributed by atoms with Crippen molar-refractivity contribution >= 4 is 23.4 Å². The Hall–Kier alpha value is -3.00. The van der Waals surface area contributed by atoms with E-state index in [0.29, 0.717) is 23.1 Å². The zero-order chi connectivity index (χ0) is 22.4. The van der Waals surface area contributed by atoms with Crippen molar-refractivity contribution in [2.24, 2.45) is 0 Å². The van der Waals surface area contributed by atoms with Gasteiger partial charge in [0.1, 0.15) is 11.5 Å². The lowest BCUT2D eigenvalue weighted by Gasteiger charge is -2.16. The van der Waals surface area contributed by atoms with E-state index in [4.69, 9.17) is 9.47 Å². The number of anilines is 1. The normalized spacial score (nSPS) is 11.8. The molecular weight excluding hydrogens is 412 g/mol. The lowest BCUT2D eigenvalue weighted by molar-refractivity contribution is -0.113. The minimum absolute atomic E-state index is 0.138. The topological polar surface area (TPSA) is 78.3 Å². The van der Waals surface area contributed by atoms with E-state index in [2.05, 4.69) is 21.6 Å². The highest BCUT2D eigenvalue weighted by Crippen LogP contribution is 2.27. The second-order valence-corrected chi connectivity index (χ2v) is 8.15. The molecule has 1 unspecified atom stereocenters. The van der Waals surface area contributed by atoms with Crippen molar-refractivity contribution in [3.8, 4) is 11.5 Å². The summed E-state index contributed by atoms with van der Waals surface area (Å²) in [6.07, 6.45) is -0.273. The Bertz CT molecular complexity index is 1030. The summed E-state index contributed by atoms with van der Waals surface area (Å²) < 4.78 is 13.4. The fraction of sp³-hybridized carbons (Fsp3) is 0.348. The molecular formula is C23H28N4O3S. The number of hydrogen-bond donors (Lipinski definition) is 1.